The number of likely N-dealkylation sites (tertiary alicyclic amines) is 1. The fraction of sp³-hybridized carbons (Fsp3) is 0.429. The van der Waals surface area contributed by atoms with Crippen molar-refractivity contribution in [3.8, 4) is 5.88 Å². The van der Waals surface area contributed by atoms with E-state index in [1.54, 1.807) is 18.5 Å². The maximum atomic E-state index is 13.9. The summed E-state index contributed by atoms with van der Waals surface area (Å²) in [6.45, 7) is 3.92. The Morgan fingerprint density at radius 2 is 1.67 bits per heavy atom. The van der Waals surface area contributed by atoms with Gasteiger partial charge in [0.15, 0.2) is 5.82 Å². The summed E-state index contributed by atoms with van der Waals surface area (Å²) in [5.41, 5.74) is 0.695. The number of carbonyl (C=O) groups is 2. The molecule has 0 saturated carbocycles. The molecular formula is C21H24FN5O3. The van der Waals surface area contributed by atoms with E-state index in [2.05, 4.69) is 19.8 Å². The van der Waals surface area contributed by atoms with E-state index >= 15 is 0 Å². The summed E-state index contributed by atoms with van der Waals surface area (Å²) in [5, 5.41) is 0. The van der Waals surface area contributed by atoms with Gasteiger partial charge in [-0.25, -0.2) is 14.4 Å². The van der Waals surface area contributed by atoms with Crippen LogP contribution in [0.2, 0.25) is 0 Å². The number of carbonyl (C=O) groups excluding carboxylic acids is 2. The number of rotatable bonds is 7. The number of imide groups is 1. The van der Waals surface area contributed by atoms with Crippen LogP contribution in [0.15, 0.2) is 36.7 Å². The predicted molar refractivity (Wildman–Crippen MR) is 107 cm³/mol. The van der Waals surface area contributed by atoms with Gasteiger partial charge in [0.25, 0.3) is 5.88 Å². The first-order valence-corrected chi connectivity index (χ1v) is 10.1. The maximum absolute atomic E-state index is 13.9. The minimum Gasteiger partial charge on any atom is -0.473 e. The number of halogens is 1. The van der Waals surface area contributed by atoms with Crippen LogP contribution in [-0.2, 0) is 16.1 Å². The Morgan fingerprint density at radius 3 is 2.40 bits per heavy atom. The lowest BCUT2D eigenvalue weighted by atomic mass is 10.2. The normalized spacial score (nSPS) is 17.6. The molecule has 158 valence electrons. The molecule has 0 atom stereocenters. The van der Waals surface area contributed by atoms with Gasteiger partial charge < -0.3 is 9.64 Å². The number of ether oxygens (including phenoxy) is 1. The maximum Gasteiger partial charge on any atom is 0.257 e. The van der Waals surface area contributed by atoms with Crippen LogP contribution in [0.25, 0.3) is 0 Å². The van der Waals surface area contributed by atoms with Gasteiger partial charge in [-0.15, -0.1) is 0 Å². The molecule has 30 heavy (non-hydrogen) atoms. The third-order valence-electron chi connectivity index (χ3n) is 5.38. The Morgan fingerprint density at radius 1 is 0.967 bits per heavy atom. The smallest absolute Gasteiger partial charge is 0.257 e. The number of nitrogens with zero attached hydrogens (tertiary/aromatic N) is 5. The number of amides is 2. The van der Waals surface area contributed by atoms with E-state index in [1.165, 1.54) is 11.0 Å². The summed E-state index contributed by atoms with van der Waals surface area (Å²) < 4.78 is 19.7. The third-order valence-corrected chi connectivity index (χ3v) is 5.38. The van der Waals surface area contributed by atoms with Gasteiger partial charge in [-0.1, -0.05) is 18.2 Å². The van der Waals surface area contributed by atoms with Crippen LogP contribution < -0.4 is 9.64 Å². The molecule has 2 fully saturated rings. The largest absolute Gasteiger partial charge is 0.473 e. The molecule has 9 heteroatoms. The van der Waals surface area contributed by atoms with Crippen molar-refractivity contribution >= 4 is 17.6 Å². The van der Waals surface area contributed by atoms with Crippen LogP contribution in [0.4, 0.5) is 10.2 Å². The van der Waals surface area contributed by atoms with Crippen molar-refractivity contribution in [3.05, 3.63) is 48.0 Å². The Kier molecular flexibility index (Phi) is 6.18. The van der Waals surface area contributed by atoms with E-state index < -0.39 is 0 Å². The average molecular weight is 413 g/mol. The van der Waals surface area contributed by atoms with E-state index in [-0.39, 0.29) is 43.6 Å². The Balaban J connectivity index is 1.32. The number of anilines is 1. The monoisotopic (exact) mass is 413 g/mol. The molecule has 4 rings (SSSR count). The molecule has 0 N–H and O–H groups in total. The molecular weight excluding hydrogens is 389 g/mol. The van der Waals surface area contributed by atoms with Crippen molar-refractivity contribution in [3.63, 3.8) is 0 Å². The van der Waals surface area contributed by atoms with Gasteiger partial charge in [0.2, 0.25) is 11.8 Å². The molecule has 1 aromatic carbocycles. The topological polar surface area (TPSA) is 78.9 Å². The Labute approximate surface area is 174 Å². The van der Waals surface area contributed by atoms with Gasteiger partial charge in [-0.05, 0) is 6.07 Å². The SMILES string of the molecule is O=C1CCC(=O)N1CCOc1nccnc1N1CCN(Cc2ccccc2F)CC1. The van der Waals surface area contributed by atoms with Crippen LogP contribution in [0, 0.1) is 5.82 Å². The molecule has 0 unspecified atom stereocenters. The lowest BCUT2D eigenvalue weighted by Crippen LogP contribution is -2.46. The molecule has 2 aliphatic rings. The second kappa shape index (κ2) is 9.17. The highest BCUT2D eigenvalue weighted by Crippen LogP contribution is 2.24. The zero-order valence-electron chi connectivity index (χ0n) is 16.7. The van der Waals surface area contributed by atoms with Crippen LogP contribution in [0.1, 0.15) is 18.4 Å². The van der Waals surface area contributed by atoms with Crippen molar-refractivity contribution < 1.29 is 18.7 Å². The zero-order valence-corrected chi connectivity index (χ0v) is 16.7. The van der Waals surface area contributed by atoms with Crippen LogP contribution in [0.5, 0.6) is 5.88 Å². The van der Waals surface area contributed by atoms with Crippen LogP contribution in [0.3, 0.4) is 0 Å². The number of benzene rings is 1. The first-order valence-electron chi connectivity index (χ1n) is 10.1. The highest BCUT2D eigenvalue weighted by Gasteiger charge is 2.29. The van der Waals surface area contributed by atoms with E-state index in [4.69, 9.17) is 4.74 Å². The number of aromatic nitrogens is 2. The molecule has 3 heterocycles. The number of hydrogen-bond acceptors (Lipinski definition) is 7. The molecule has 2 aliphatic heterocycles. The molecule has 0 spiro atoms. The number of piperazine rings is 1. The first kappa shape index (κ1) is 20.2. The average Bonchev–Trinajstić information content (AvgIpc) is 3.08. The summed E-state index contributed by atoms with van der Waals surface area (Å²) in [6, 6.07) is 6.84. The van der Waals surface area contributed by atoms with E-state index in [0.29, 0.717) is 36.9 Å². The molecule has 0 aliphatic carbocycles. The molecule has 0 radical (unpaired) electrons. The minimum absolute atomic E-state index is 0.158. The van der Waals surface area contributed by atoms with Crippen LogP contribution in [-0.4, -0.2) is 70.9 Å². The Hall–Kier alpha value is -3.07. The van der Waals surface area contributed by atoms with Crippen molar-refractivity contribution in [2.45, 2.75) is 19.4 Å². The molecule has 2 amide bonds. The molecule has 0 bridgehead atoms. The van der Waals surface area contributed by atoms with Crippen molar-refractivity contribution in [1.29, 1.82) is 0 Å². The quantitative estimate of drug-likeness (QED) is 0.636. The van der Waals surface area contributed by atoms with Gasteiger partial charge in [0.1, 0.15) is 12.4 Å². The zero-order chi connectivity index (χ0) is 20.9. The first-order chi connectivity index (χ1) is 14.6. The predicted octanol–water partition coefficient (Wildman–Crippen LogP) is 1.47. The number of hydrogen-bond donors (Lipinski definition) is 0. The Bertz CT molecular complexity index is 901. The molecule has 2 saturated heterocycles. The van der Waals surface area contributed by atoms with Crippen LogP contribution >= 0.6 is 0 Å². The lowest BCUT2D eigenvalue weighted by molar-refractivity contribution is -0.138. The minimum atomic E-state index is -0.181. The summed E-state index contributed by atoms with van der Waals surface area (Å²) in [4.78, 5) is 37.6. The summed E-state index contributed by atoms with van der Waals surface area (Å²) in [7, 11) is 0. The highest BCUT2D eigenvalue weighted by molar-refractivity contribution is 6.01. The molecule has 2 aromatic rings. The van der Waals surface area contributed by atoms with E-state index in [1.807, 2.05) is 12.1 Å². The lowest BCUT2D eigenvalue weighted by Gasteiger charge is -2.35. The summed E-state index contributed by atoms with van der Waals surface area (Å²) in [6.07, 6.45) is 3.71. The van der Waals surface area contributed by atoms with Crippen molar-refractivity contribution in [1.82, 2.24) is 19.8 Å². The fourth-order valence-corrected chi connectivity index (χ4v) is 3.73. The third kappa shape index (κ3) is 4.56. The summed E-state index contributed by atoms with van der Waals surface area (Å²) >= 11 is 0. The van der Waals surface area contributed by atoms with Gasteiger partial charge in [-0.3, -0.25) is 19.4 Å². The van der Waals surface area contributed by atoms with Gasteiger partial charge >= 0.3 is 0 Å². The van der Waals surface area contributed by atoms with E-state index in [9.17, 15) is 14.0 Å². The van der Waals surface area contributed by atoms with Crippen molar-refractivity contribution in [2.75, 3.05) is 44.2 Å². The second-order valence-corrected chi connectivity index (χ2v) is 7.33. The second-order valence-electron chi connectivity index (χ2n) is 7.33. The van der Waals surface area contributed by atoms with Gasteiger partial charge in [0, 0.05) is 63.5 Å². The van der Waals surface area contributed by atoms with Gasteiger partial charge in [0.05, 0.1) is 6.54 Å². The van der Waals surface area contributed by atoms with E-state index in [0.717, 1.165) is 13.1 Å². The molecule has 8 nitrogen and oxygen atoms in total. The molecule has 1 aromatic heterocycles. The standard InChI is InChI=1S/C21H24FN5O3/c22-17-4-2-1-3-16(17)15-25-9-11-26(12-10-25)20-21(24-8-7-23-20)30-14-13-27-18(28)5-6-19(27)29/h1-4,7-8H,5-6,9-15H2. The summed E-state index contributed by atoms with van der Waals surface area (Å²) in [5.74, 6) is 0.531. The fourth-order valence-electron chi connectivity index (χ4n) is 3.73. The van der Waals surface area contributed by atoms with Crippen molar-refractivity contribution in [2.24, 2.45) is 0 Å². The highest BCUT2D eigenvalue weighted by atomic mass is 19.1. The van der Waals surface area contributed by atoms with Gasteiger partial charge in [-0.2, -0.15) is 0 Å².